The largest absolute Gasteiger partial charge is 0.393 e. The second-order valence-electron chi connectivity index (χ2n) is 4.09. The molecule has 100 valence electrons. The highest BCUT2D eigenvalue weighted by Gasteiger charge is 2.03. The van der Waals surface area contributed by atoms with E-state index in [9.17, 15) is 9.90 Å². The predicted molar refractivity (Wildman–Crippen MR) is 72.6 cm³/mol. The molecule has 3 N–H and O–H groups in total. The molecule has 0 radical (unpaired) electrons. The molecular weight excluding hydrogens is 252 g/mol. The van der Waals surface area contributed by atoms with E-state index in [0.717, 1.165) is 5.56 Å². The molecule has 1 aromatic carbocycles. The summed E-state index contributed by atoms with van der Waals surface area (Å²) in [4.78, 5) is 11.4. The number of rotatable bonds is 6. The van der Waals surface area contributed by atoms with Crippen LogP contribution in [0, 0.1) is 0 Å². The van der Waals surface area contributed by atoms with Crippen LogP contribution in [0.15, 0.2) is 24.3 Å². The van der Waals surface area contributed by atoms with Crippen LogP contribution in [0.5, 0.6) is 0 Å². The molecule has 0 spiro atoms. The zero-order chi connectivity index (χ0) is 13.4. The number of benzene rings is 1. The third-order valence-electron chi connectivity index (χ3n) is 2.58. The molecule has 0 bridgehead atoms. The van der Waals surface area contributed by atoms with Crippen LogP contribution >= 0.6 is 11.6 Å². The first-order valence-electron chi connectivity index (χ1n) is 6.06. The van der Waals surface area contributed by atoms with Crippen LogP contribution in [0.4, 0.5) is 4.79 Å². The first-order valence-corrected chi connectivity index (χ1v) is 6.43. The lowest BCUT2D eigenvalue weighted by atomic mass is 10.2. The maximum atomic E-state index is 11.4. The van der Waals surface area contributed by atoms with Gasteiger partial charge in [-0.25, -0.2) is 4.79 Å². The lowest BCUT2D eigenvalue weighted by Gasteiger charge is -2.10. The quantitative estimate of drug-likeness (QED) is 0.743. The molecule has 0 aliphatic carbocycles. The Kier molecular flexibility index (Phi) is 6.54. The van der Waals surface area contributed by atoms with Gasteiger partial charge in [0, 0.05) is 18.1 Å². The van der Waals surface area contributed by atoms with Gasteiger partial charge in [-0.15, -0.1) is 0 Å². The Balaban J connectivity index is 2.21. The molecule has 0 fully saturated rings. The van der Waals surface area contributed by atoms with Crippen LogP contribution < -0.4 is 10.6 Å². The molecule has 0 saturated carbocycles. The van der Waals surface area contributed by atoms with Gasteiger partial charge < -0.3 is 15.7 Å². The third kappa shape index (κ3) is 5.89. The Hall–Kier alpha value is -1.26. The van der Waals surface area contributed by atoms with E-state index in [2.05, 4.69) is 10.6 Å². The average Bonchev–Trinajstić information content (AvgIpc) is 2.36. The fourth-order valence-electron chi connectivity index (χ4n) is 1.45. The van der Waals surface area contributed by atoms with Gasteiger partial charge in [-0.3, -0.25) is 0 Å². The Labute approximate surface area is 112 Å². The van der Waals surface area contributed by atoms with Crippen molar-refractivity contribution in [3.05, 3.63) is 34.9 Å². The number of urea groups is 1. The molecule has 18 heavy (non-hydrogen) atoms. The minimum Gasteiger partial charge on any atom is -0.393 e. The van der Waals surface area contributed by atoms with Gasteiger partial charge in [-0.05, 0) is 30.5 Å². The van der Waals surface area contributed by atoms with Gasteiger partial charge in [0.15, 0.2) is 0 Å². The van der Waals surface area contributed by atoms with Crippen LogP contribution in [0.2, 0.25) is 5.02 Å². The Bertz CT molecular complexity index is 385. The maximum absolute atomic E-state index is 11.4. The van der Waals surface area contributed by atoms with Gasteiger partial charge in [0.1, 0.15) is 0 Å². The molecular formula is C13H19ClN2O2. The SMILES string of the molecule is CCC(O)CCNC(=O)NCc1cccc(Cl)c1. The highest BCUT2D eigenvalue weighted by atomic mass is 35.5. The van der Waals surface area contributed by atoms with Crippen molar-refractivity contribution < 1.29 is 9.90 Å². The second kappa shape index (κ2) is 7.95. The molecule has 1 aromatic rings. The van der Waals surface area contributed by atoms with Crippen LogP contribution in [0.3, 0.4) is 0 Å². The smallest absolute Gasteiger partial charge is 0.315 e. The number of halogens is 1. The second-order valence-corrected chi connectivity index (χ2v) is 4.53. The number of nitrogens with one attached hydrogen (secondary N) is 2. The number of aliphatic hydroxyl groups excluding tert-OH is 1. The normalized spacial score (nSPS) is 11.9. The van der Waals surface area contributed by atoms with Crippen molar-refractivity contribution in [1.29, 1.82) is 0 Å². The van der Waals surface area contributed by atoms with Crippen molar-refractivity contribution in [3.63, 3.8) is 0 Å². The first kappa shape index (κ1) is 14.8. The molecule has 0 aliphatic heterocycles. The van der Waals surface area contributed by atoms with Crippen molar-refractivity contribution in [3.8, 4) is 0 Å². The van der Waals surface area contributed by atoms with Crippen LogP contribution in [0.25, 0.3) is 0 Å². The molecule has 2 amide bonds. The Morgan fingerprint density at radius 1 is 1.44 bits per heavy atom. The summed E-state index contributed by atoms with van der Waals surface area (Å²) in [5, 5.41) is 15.4. The fourth-order valence-corrected chi connectivity index (χ4v) is 1.66. The topological polar surface area (TPSA) is 61.4 Å². The Morgan fingerprint density at radius 2 is 2.22 bits per heavy atom. The van der Waals surface area contributed by atoms with Crippen LogP contribution in [0.1, 0.15) is 25.3 Å². The Morgan fingerprint density at radius 3 is 2.89 bits per heavy atom. The van der Waals surface area contributed by atoms with Crippen molar-refractivity contribution in [1.82, 2.24) is 10.6 Å². The summed E-state index contributed by atoms with van der Waals surface area (Å²) in [6.07, 6.45) is 0.922. The van der Waals surface area contributed by atoms with E-state index in [0.29, 0.717) is 31.0 Å². The van der Waals surface area contributed by atoms with Crippen molar-refractivity contribution >= 4 is 17.6 Å². The van der Waals surface area contributed by atoms with E-state index in [1.54, 1.807) is 6.07 Å². The van der Waals surface area contributed by atoms with E-state index in [4.69, 9.17) is 11.6 Å². The number of hydrogen-bond donors (Lipinski definition) is 3. The van der Waals surface area contributed by atoms with Crippen molar-refractivity contribution in [2.24, 2.45) is 0 Å². The summed E-state index contributed by atoms with van der Waals surface area (Å²) in [6.45, 7) is 2.81. The summed E-state index contributed by atoms with van der Waals surface area (Å²) in [6, 6.07) is 7.10. The van der Waals surface area contributed by atoms with Gasteiger partial charge in [0.25, 0.3) is 0 Å². The number of hydrogen-bond acceptors (Lipinski definition) is 2. The van der Waals surface area contributed by atoms with E-state index in [-0.39, 0.29) is 12.1 Å². The summed E-state index contributed by atoms with van der Waals surface area (Å²) in [5.41, 5.74) is 0.950. The predicted octanol–water partition coefficient (Wildman–Crippen LogP) is 2.30. The number of carbonyl (C=O) groups excluding carboxylic acids is 1. The first-order chi connectivity index (χ1) is 8.61. The fraction of sp³-hybridized carbons (Fsp3) is 0.462. The van der Waals surface area contributed by atoms with E-state index < -0.39 is 0 Å². The van der Waals surface area contributed by atoms with Gasteiger partial charge in [0.2, 0.25) is 0 Å². The molecule has 0 aromatic heterocycles. The maximum Gasteiger partial charge on any atom is 0.315 e. The third-order valence-corrected chi connectivity index (χ3v) is 2.81. The molecule has 4 nitrogen and oxygen atoms in total. The zero-order valence-corrected chi connectivity index (χ0v) is 11.2. The minimum atomic E-state index is -0.349. The molecule has 1 atom stereocenters. The molecule has 1 rings (SSSR count). The summed E-state index contributed by atoms with van der Waals surface area (Å²) in [5.74, 6) is 0. The highest BCUT2D eigenvalue weighted by Crippen LogP contribution is 2.10. The number of aliphatic hydroxyl groups is 1. The average molecular weight is 271 g/mol. The lowest BCUT2D eigenvalue weighted by molar-refractivity contribution is 0.160. The highest BCUT2D eigenvalue weighted by molar-refractivity contribution is 6.30. The minimum absolute atomic E-state index is 0.238. The van der Waals surface area contributed by atoms with Crippen molar-refractivity contribution in [2.45, 2.75) is 32.4 Å². The van der Waals surface area contributed by atoms with E-state index in [1.165, 1.54) is 0 Å². The monoisotopic (exact) mass is 270 g/mol. The summed E-state index contributed by atoms with van der Waals surface area (Å²) in [7, 11) is 0. The van der Waals surface area contributed by atoms with Crippen LogP contribution in [-0.4, -0.2) is 23.8 Å². The van der Waals surface area contributed by atoms with Gasteiger partial charge in [-0.1, -0.05) is 30.7 Å². The standard InChI is InChI=1S/C13H19ClN2O2/c1-2-12(17)6-7-15-13(18)16-9-10-4-3-5-11(14)8-10/h3-5,8,12,17H,2,6-7,9H2,1H3,(H2,15,16,18). The van der Waals surface area contributed by atoms with Gasteiger partial charge in [-0.2, -0.15) is 0 Å². The lowest BCUT2D eigenvalue weighted by Crippen LogP contribution is -2.36. The van der Waals surface area contributed by atoms with E-state index >= 15 is 0 Å². The van der Waals surface area contributed by atoms with E-state index in [1.807, 2.05) is 25.1 Å². The molecule has 0 heterocycles. The zero-order valence-electron chi connectivity index (χ0n) is 10.4. The van der Waals surface area contributed by atoms with Gasteiger partial charge in [0.05, 0.1) is 6.10 Å². The van der Waals surface area contributed by atoms with Crippen LogP contribution in [-0.2, 0) is 6.54 Å². The number of carbonyl (C=O) groups is 1. The molecule has 0 aliphatic rings. The van der Waals surface area contributed by atoms with Gasteiger partial charge >= 0.3 is 6.03 Å². The van der Waals surface area contributed by atoms with Crippen molar-refractivity contribution in [2.75, 3.05) is 6.54 Å². The summed E-state index contributed by atoms with van der Waals surface area (Å²) >= 11 is 5.84. The molecule has 5 heteroatoms. The number of amides is 2. The molecule has 0 saturated heterocycles. The summed E-state index contributed by atoms with van der Waals surface area (Å²) < 4.78 is 0. The molecule has 1 unspecified atom stereocenters.